The monoisotopic (exact) mass is 386 g/mol. The zero-order chi connectivity index (χ0) is 14.2. The number of methoxy groups -OCH3 is 2. The fraction of sp³-hybridized carbons (Fsp3) is 0.500. The summed E-state index contributed by atoms with van der Waals surface area (Å²) in [5.41, 5.74) is 0. The van der Waals surface area contributed by atoms with E-state index in [1.165, 1.54) is 45.1 Å². The minimum absolute atomic E-state index is 0.586. The molecule has 0 spiro atoms. The van der Waals surface area contributed by atoms with Crippen LogP contribution in [0.25, 0.3) is 0 Å². The van der Waals surface area contributed by atoms with Crippen molar-refractivity contribution < 1.29 is 9.47 Å². The van der Waals surface area contributed by atoms with Gasteiger partial charge in [-0.2, -0.15) is 0 Å². The number of hydrogen-bond acceptors (Lipinski definition) is 12. The molecular weight excluding hydrogens is 377 g/mol. The number of nitrogens with zero attached hydrogens (tertiary/aromatic N) is 4. The van der Waals surface area contributed by atoms with Gasteiger partial charge in [0.05, 0.1) is 11.9 Å². The zero-order valence-electron chi connectivity index (χ0n) is 10.5. The van der Waals surface area contributed by atoms with Crippen molar-refractivity contribution in [3.8, 4) is 0 Å². The molecule has 0 aromatic carbocycles. The zero-order valence-corrected chi connectivity index (χ0v) is 15.4. The van der Waals surface area contributed by atoms with Crippen LogP contribution in [0.15, 0.2) is 17.4 Å². The highest BCUT2D eigenvalue weighted by Gasteiger charge is 2.10. The third-order valence-corrected chi connectivity index (χ3v) is 8.52. The average Bonchev–Trinajstić information content (AvgIpc) is 3.10. The van der Waals surface area contributed by atoms with Gasteiger partial charge in [0.1, 0.15) is 0 Å². The van der Waals surface area contributed by atoms with E-state index in [0.29, 0.717) is 11.9 Å². The molecule has 2 rings (SSSR count). The fourth-order valence-electron chi connectivity index (χ4n) is 0.868. The molecule has 20 heavy (non-hydrogen) atoms. The lowest BCUT2D eigenvalue weighted by molar-refractivity contribution is 0.259. The van der Waals surface area contributed by atoms with Crippen LogP contribution in [-0.4, -0.2) is 46.5 Å². The van der Waals surface area contributed by atoms with Crippen LogP contribution in [0.3, 0.4) is 0 Å². The summed E-state index contributed by atoms with van der Waals surface area (Å²) in [5, 5.41) is 16.4. The number of thioether (sulfide) groups is 2. The largest absolute Gasteiger partial charge is 0.374 e. The van der Waals surface area contributed by atoms with E-state index >= 15 is 0 Å². The lowest BCUT2D eigenvalue weighted by Crippen LogP contribution is -1.79. The fourth-order valence-corrected chi connectivity index (χ4v) is 6.57. The highest BCUT2D eigenvalue weighted by Crippen LogP contribution is 2.42. The van der Waals surface area contributed by atoms with Crippen LogP contribution in [0.2, 0.25) is 0 Å². The Labute approximate surface area is 140 Å². The molecule has 0 N–H and O–H groups in total. The Hall–Kier alpha value is 0.440. The van der Waals surface area contributed by atoms with E-state index < -0.39 is 0 Å². The van der Waals surface area contributed by atoms with Crippen molar-refractivity contribution in [2.45, 2.75) is 17.4 Å². The molecule has 110 valence electrons. The summed E-state index contributed by atoms with van der Waals surface area (Å²) in [7, 11) is 6.40. The predicted molar refractivity (Wildman–Crippen MR) is 87.0 cm³/mol. The van der Waals surface area contributed by atoms with Gasteiger partial charge >= 0.3 is 0 Å². The van der Waals surface area contributed by atoms with E-state index in [2.05, 4.69) is 20.4 Å². The Kier molecular flexibility index (Phi) is 7.94. The maximum Gasteiger partial charge on any atom is 0.186 e. The Bertz CT molecular complexity index is 474. The second-order valence-corrected chi connectivity index (χ2v) is 9.85. The molecule has 0 bridgehead atoms. The maximum absolute atomic E-state index is 4.98. The Morgan fingerprint density at radius 2 is 1.15 bits per heavy atom. The molecule has 12 heteroatoms. The van der Waals surface area contributed by atoms with E-state index in [9.17, 15) is 0 Å². The van der Waals surface area contributed by atoms with Crippen LogP contribution in [0, 0.1) is 0 Å². The highest BCUT2D eigenvalue weighted by molar-refractivity contribution is 8.77. The first kappa shape index (κ1) is 16.8. The molecular formula is C8H10N4O2S6. The Morgan fingerprint density at radius 3 is 1.55 bits per heavy atom. The first-order valence-corrected chi connectivity index (χ1v) is 10.8. The Balaban J connectivity index is 1.79. The summed E-state index contributed by atoms with van der Waals surface area (Å²) in [6, 6.07) is 0. The smallest absolute Gasteiger partial charge is 0.186 e. The molecule has 6 nitrogen and oxygen atoms in total. The topological polar surface area (TPSA) is 70.0 Å². The quantitative estimate of drug-likeness (QED) is 0.363. The minimum Gasteiger partial charge on any atom is -0.374 e. The van der Waals surface area contributed by atoms with Gasteiger partial charge in [0.15, 0.2) is 17.4 Å². The number of ether oxygens (including phenoxy) is 2. The number of aromatic nitrogens is 4. The summed E-state index contributed by atoms with van der Waals surface area (Å²) in [6.07, 6.45) is 0. The SMILES string of the molecule is COCSc1nnc(SSc2nnc(SCOC)s2)s1. The van der Waals surface area contributed by atoms with Crippen molar-refractivity contribution in [2.75, 3.05) is 26.1 Å². The Morgan fingerprint density at radius 1 is 0.750 bits per heavy atom. The van der Waals surface area contributed by atoms with Crippen molar-refractivity contribution in [1.29, 1.82) is 0 Å². The molecule has 0 fully saturated rings. The molecule has 0 radical (unpaired) electrons. The van der Waals surface area contributed by atoms with E-state index in [1.54, 1.807) is 36.9 Å². The molecule has 0 aliphatic rings. The minimum atomic E-state index is 0.586. The van der Waals surface area contributed by atoms with Gasteiger partial charge in [0.25, 0.3) is 0 Å². The van der Waals surface area contributed by atoms with Crippen LogP contribution in [-0.2, 0) is 9.47 Å². The first-order valence-electron chi connectivity index (χ1n) is 5.07. The molecule has 0 amide bonds. The summed E-state index contributed by atoms with van der Waals surface area (Å²) < 4.78 is 13.6. The van der Waals surface area contributed by atoms with Crippen molar-refractivity contribution in [3.63, 3.8) is 0 Å². The normalized spacial score (nSPS) is 11.1. The molecule has 0 aliphatic heterocycles. The lowest BCUT2D eigenvalue weighted by Gasteiger charge is -1.92. The number of hydrogen-bond donors (Lipinski definition) is 0. The molecule has 0 unspecified atom stereocenters. The highest BCUT2D eigenvalue weighted by atomic mass is 33.1. The lowest BCUT2D eigenvalue weighted by atomic mass is 11.5. The van der Waals surface area contributed by atoms with Crippen LogP contribution in [0.4, 0.5) is 0 Å². The van der Waals surface area contributed by atoms with Crippen molar-refractivity contribution >= 4 is 67.8 Å². The first-order chi connectivity index (χ1) is 9.81. The van der Waals surface area contributed by atoms with Gasteiger partial charge in [0.2, 0.25) is 0 Å². The average molecular weight is 387 g/mol. The summed E-state index contributed by atoms with van der Waals surface area (Å²) in [4.78, 5) is 0. The maximum atomic E-state index is 4.98. The van der Waals surface area contributed by atoms with Crippen molar-refractivity contribution in [1.82, 2.24) is 20.4 Å². The summed E-state index contributed by atoms with van der Waals surface area (Å²) >= 11 is 6.16. The van der Waals surface area contributed by atoms with Crippen LogP contribution >= 0.6 is 67.8 Å². The van der Waals surface area contributed by atoms with E-state index in [4.69, 9.17) is 9.47 Å². The van der Waals surface area contributed by atoms with Crippen molar-refractivity contribution in [2.24, 2.45) is 0 Å². The predicted octanol–water partition coefficient (Wildman–Crippen LogP) is 3.58. The van der Waals surface area contributed by atoms with Gasteiger partial charge in [-0.1, -0.05) is 46.2 Å². The van der Waals surface area contributed by atoms with Gasteiger partial charge in [-0.25, -0.2) is 0 Å². The molecule has 0 saturated heterocycles. The van der Waals surface area contributed by atoms with Crippen molar-refractivity contribution in [3.05, 3.63) is 0 Å². The van der Waals surface area contributed by atoms with E-state index in [-0.39, 0.29) is 0 Å². The molecule has 2 heterocycles. The van der Waals surface area contributed by atoms with Crippen LogP contribution < -0.4 is 0 Å². The van der Waals surface area contributed by atoms with Gasteiger partial charge < -0.3 is 9.47 Å². The third-order valence-electron chi connectivity index (χ3n) is 1.56. The van der Waals surface area contributed by atoms with Crippen LogP contribution in [0.5, 0.6) is 0 Å². The van der Waals surface area contributed by atoms with E-state index in [1.807, 2.05) is 0 Å². The molecule has 0 atom stereocenters. The molecule has 2 aromatic rings. The van der Waals surface area contributed by atoms with Gasteiger partial charge in [-0.3, -0.25) is 0 Å². The van der Waals surface area contributed by atoms with Gasteiger partial charge in [0, 0.05) is 14.2 Å². The van der Waals surface area contributed by atoms with Gasteiger partial charge in [-0.15, -0.1) is 20.4 Å². The summed E-state index contributed by atoms with van der Waals surface area (Å²) in [5.74, 6) is 1.17. The van der Waals surface area contributed by atoms with Crippen LogP contribution in [0.1, 0.15) is 0 Å². The van der Waals surface area contributed by atoms with Gasteiger partial charge in [-0.05, 0) is 21.6 Å². The van der Waals surface area contributed by atoms with E-state index in [0.717, 1.165) is 17.4 Å². The second-order valence-electron chi connectivity index (χ2n) is 2.94. The second kappa shape index (κ2) is 9.46. The molecule has 0 saturated carbocycles. The third kappa shape index (κ3) is 5.67. The molecule has 0 aliphatic carbocycles. The standard InChI is InChI=1S/C8H10N4O2S6/c1-13-3-15-5-9-11-7(17-5)19-20-8-12-10-6(18-8)16-4-14-2/h3-4H2,1-2H3. The molecule has 2 aromatic heterocycles. The number of rotatable bonds is 9. The summed E-state index contributed by atoms with van der Waals surface area (Å²) in [6.45, 7) is 0.